The van der Waals surface area contributed by atoms with Crippen LogP contribution in [-0.4, -0.2) is 35.4 Å². The van der Waals surface area contributed by atoms with Crippen LogP contribution in [0.25, 0.3) is 0 Å². The molecule has 0 aliphatic carbocycles. The zero-order valence-corrected chi connectivity index (χ0v) is 14.4. The average Bonchev–Trinajstić information content (AvgIpc) is 2.92. The number of nitrogens with one attached hydrogen (secondary N) is 1. The van der Waals surface area contributed by atoms with Crippen LogP contribution >= 0.6 is 0 Å². The van der Waals surface area contributed by atoms with Gasteiger partial charge in [-0.05, 0) is 43.0 Å². The van der Waals surface area contributed by atoms with E-state index in [0.29, 0.717) is 12.1 Å². The van der Waals surface area contributed by atoms with Gasteiger partial charge in [0.2, 0.25) is 0 Å². The first-order valence-electron chi connectivity index (χ1n) is 8.95. The van der Waals surface area contributed by atoms with Crippen molar-refractivity contribution in [1.29, 1.82) is 0 Å². The Morgan fingerprint density at radius 1 is 1.08 bits per heavy atom. The molecule has 1 N–H and O–H groups in total. The van der Waals surface area contributed by atoms with Crippen LogP contribution in [-0.2, 0) is 6.42 Å². The lowest BCUT2D eigenvalue weighted by atomic mass is 10.1. The van der Waals surface area contributed by atoms with Crippen molar-refractivity contribution in [3.05, 3.63) is 59.7 Å². The van der Waals surface area contributed by atoms with Gasteiger partial charge in [0.1, 0.15) is 5.82 Å². The minimum absolute atomic E-state index is 0.0663. The van der Waals surface area contributed by atoms with E-state index in [4.69, 9.17) is 0 Å². The van der Waals surface area contributed by atoms with Crippen LogP contribution in [0.2, 0.25) is 0 Å². The zero-order valence-electron chi connectivity index (χ0n) is 14.4. The highest BCUT2D eigenvalue weighted by atomic mass is 19.1. The molecular weight excluding hydrogens is 317 g/mol. The summed E-state index contributed by atoms with van der Waals surface area (Å²) in [7, 11) is 0. The van der Waals surface area contributed by atoms with E-state index in [1.165, 1.54) is 25.0 Å². The second-order valence-electron chi connectivity index (χ2n) is 6.47. The van der Waals surface area contributed by atoms with Gasteiger partial charge in [-0.2, -0.15) is 0 Å². The van der Waals surface area contributed by atoms with E-state index in [9.17, 15) is 9.18 Å². The largest absolute Gasteiger partial charge is 0.383 e. The van der Waals surface area contributed by atoms with Crippen LogP contribution in [0.4, 0.5) is 10.1 Å². The fourth-order valence-electron chi connectivity index (χ4n) is 3.11. The molecule has 2 heterocycles. The summed E-state index contributed by atoms with van der Waals surface area (Å²) < 4.78 is 12.9. The number of carbonyl (C=O) groups is 1. The second-order valence-corrected chi connectivity index (χ2v) is 6.47. The predicted octanol–water partition coefficient (Wildman–Crippen LogP) is 3.89. The topological polar surface area (TPSA) is 45.2 Å². The fraction of sp³-hybridized carbons (Fsp3) is 0.400. The highest BCUT2D eigenvalue weighted by Gasteiger charge is 2.17. The van der Waals surface area contributed by atoms with Gasteiger partial charge in [-0.15, -0.1) is 0 Å². The molecule has 1 aromatic carbocycles. The molecular formula is C20H24FN3O. The van der Waals surface area contributed by atoms with Crippen molar-refractivity contribution in [2.75, 3.05) is 25.0 Å². The molecule has 0 saturated carbocycles. The lowest BCUT2D eigenvalue weighted by molar-refractivity contribution is 0.0761. The minimum atomic E-state index is -0.222. The first-order valence-corrected chi connectivity index (χ1v) is 8.95. The highest BCUT2D eigenvalue weighted by molar-refractivity contribution is 5.94. The van der Waals surface area contributed by atoms with Crippen molar-refractivity contribution in [2.45, 2.75) is 32.1 Å². The molecule has 0 radical (unpaired) electrons. The Morgan fingerprint density at radius 3 is 2.52 bits per heavy atom. The summed E-state index contributed by atoms with van der Waals surface area (Å²) >= 11 is 0. The van der Waals surface area contributed by atoms with Crippen LogP contribution in [0.3, 0.4) is 0 Å². The van der Waals surface area contributed by atoms with Gasteiger partial charge in [-0.25, -0.2) is 4.39 Å². The number of aromatic nitrogens is 1. The lowest BCUT2D eigenvalue weighted by Gasteiger charge is -2.20. The van der Waals surface area contributed by atoms with Crippen molar-refractivity contribution in [1.82, 2.24) is 9.88 Å². The first-order chi connectivity index (χ1) is 12.2. The molecule has 1 fully saturated rings. The van der Waals surface area contributed by atoms with Crippen molar-refractivity contribution < 1.29 is 9.18 Å². The van der Waals surface area contributed by atoms with Crippen LogP contribution < -0.4 is 5.32 Å². The summed E-state index contributed by atoms with van der Waals surface area (Å²) in [4.78, 5) is 18.8. The van der Waals surface area contributed by atoms with E-state index in [0.717, 1.165) is 43.6 Å². The summed E-state index contributed by atoms with van der Waals surface area (Å²) in [5.41, 5.74) is 2.54. The standard InChI is InChI=1S/C20H24FN3O/c21-18-7-5-16(6-8-18)9-10-23-19-13-17(14-22-15-19)20(25)24-11-3-1-2-4-12-24/h5-8,13-15,23H,1-4,9-12H2. The third kappa shape index (κ3) is 5.02. The molecule has 1 saturated heterocycles. The normalized spacial score (nSPS) is 14.8. The smallest absolute Gasteiger partial charge is 0.255 e. The summed E-state index contributed by atoms with van der Waals surface area (Å²) in [6.07, 6.45) is 8.70. The molecule has 132 valence electrons. The minimum Gasteiger partial charge on any atom is -0.383 e. The summed E-state index contributed by atoms with van der Waals surface area (Å²) in [6, 6.07) is 8.38. The Balaban J connectivity index is 1.57. The van der Waals surface area contributed by atoms with E-state index in [1.54, 1.807) is 24.5 Å². The molecule has 4 nitrogen and oxygen atoms in total. The van der Waals surface area contributed by atoms with Crippen LogP contribution in [0.5, 0.6) is 0 Å². The highest BCUT2D eigenvalue weighted by Crippen LogP contribution is 2.15. The number of pyridine rings is 1. The van der Waals surface area contributed by atoms with Crippen molar-refractivity contribution in [2.24, 2.45) is 0 Å². The maximum absolute atomic E-state index is 12.9. The maximum atomic E-state index is 12.9. The summed E-state index contributed by atoms with van der Waals surface area (Å²) in [5.74, 6) is -0.155. The summed E-state index contributed by atoms with van der Waals surface area (Å²) in [5, 5.41) is 3.29. The Kier molecular flexibility index (Phi) is 5.99. The maximum Gasteiger partial charge on any atom is 0.255 e. The van der Waals surface area contributed by atoms with Crippen molar-refractivity contribution in [3.63, 3.8) is 0 Å². The molecule has 0 atom stereocenters. The lowest BCUT2D eigenvalue weighted by Crippen LogP contribution is -2.31. The molecule has 1 aliphatic heterocycles. The van der Waals surface area contributed by atoms with E-state index >= 15 is 0 Å². The molecule has 0 spiro atoms. The monoisotopic (exact) mass is 341 g/mol. The molecule has 0 unspecified atom stereocenters. The molecule has 0 bridgehead atoms. The van der Waals surface area contributed by atoms with Crippen LogP contribution in [0, 0.1) is 5.82 Å². The Bertz CT molecular complexity index is 694. The van der Waals surface area contributed by atoms with Crippen LogP contribution in [0.15, 0.2) is 42.7 Å². The zero-order chi connectivity index (χ0) is 17.5. The average molecular weight is 341 g/mol. The predicted molar refractivity (Wildman–Crippen MR) is 97.2 cm³/mol. The first kappa shape index (κ1) is 17.4. The molecule has 25 heavy (non-hydrogen) atoms. The van der Waals surface area contributed by atoms with Crippen molar-refractivity contribution >= 4 is 11.6 Å². The number of anilines is 1. The quantitative estimate of drug-likeness (QED) is 0.897. The molecule has 1 amide bonds. The van der Waals surface area contributed by atoms with E-state index in [1.807, 2.05) is 11.0 Å². The number of hydrogen-bond donors (Lipinski definition) is 1. The van der Waals surface area contributed by atoms with Gasteiger partial charge >= 0.3 is 0 Å². The number of amides is 1. The second kappa shape index (κ2) is 8.60. The Morgan fingerprint density at radius 2 is 1.80 bits per heavy atom. The van der Waals surface area contributed by atoms with Gasteiger partial charge in [0.05, 0.1) is 11.3 Å². The molecule has 1 aliphatic rings. The molecule has 2 aromatic rings. The third-order valence-corrected chi connectivity index (χ3v) is 4.53. The summed E-state index contributed by atoms with van der Waals surface area (Å²) in [6.45, 7) is 2.37. The Labute approximate surface area is 148 Å². The van der Waals surface area contributed by atoms with Gasteiger partial charge in [0, 0.05) is 32.0 Å². The fourth-order valence-corrected chi connectivity index (χ4v) is 3.11. The Hall–Kier alpha value is -2.43. The molecule has 1 aromatic heterocycles. The molecule has 3 rings (SSSR count). The van der Waals surface area contributed by atoms with Crippen LogP contribution in [0.1, 0.15) is 41.6 Å². The van der Waals surface area contributed by atoms with Gasteiger partial charge in [-0.1, -0.05) is 25.0 Å². The number of benzene rings is 1. The van der Waals surface area contributed by atoms with Gasteiger partial charge in [0.25, 0.3) is 5.91 Å². The number of rotatable bonds is 5. The van der Waals surface area contributed by atoms with Gasteiger partial charge in [0.15, 0.2) is 0 Å². The van der Waals surface area contributed by atoms with E-state index in [2.05, 4.69) is 10.3 Å². The van der Waals surface area contributed by atoms with E-state index in [-0.39, 0.29) is 11.7 Å². The number of nitrogens with zero attached hydrogens (tertiary/aromatic N) is 2. The van der Waals surface area contributed by atoms with Gasteiger partial charge in [-0.3, -0.25) is 9.78 Å². The van der Waals surface area contributed by atoms with E-state index < -0.39 is 0 Å². The number of likely N-dealkylation sites (tertiary alicyclic amines) is 1. The SMILES string of the molecule is O=C(c1cncc(NCCc2ccc(F)cc2)c1)N1CCCCCC1. The number of carbonyl (C=O) groups excluding carboxylic acids is 1. The van der Waals surface area contributed by atoms with Crippen molar-refractivity contribution in [3.8, 4) is 0 Å². The van der Waals surface area contributed by atoms with Gasteiger partial charge < -0.3 is 10.2 Å². The third-order valence-electron chi connectivity index (χ3n) is 4.53. The number of halogens is 1. The number of hydrogen-bond acceptors (Lipinski definition) is 3. The molecule has 5 heteroatoms.